The van der Waals surface area contributed by atoms with Crippen molar-refractivity contribution in [3.8, 4) is 5.75 Å². The number of thioether (sulfide) groups is 1. The molecule has 0 saturated carbocycles. The number of nitrogens with one attached hydrogen (secondary N) is 1. The number of hydrogen-bond acceptors (Lipinski definition) is 3. The molecule has 2 aromatic carbocycles. The summed E-state index contributed by atoms with van der Waals surface area (Å²) >= 11 is 7.56. The maximum Gasteiger partial charge on any atom is 0.255 e. The molecule has 0 fully saturated rings. The van der Waals surface area contributed by atoms with Crippen LogP contribution >= 0.6 is 23.4 Å². The van der Waals surface area contributed by atoms with Gasteiger partial charge in [-0.1, -0.05) is 23.7 Å². The maximum atomic E-state index is 12.1. The Hall–Kier alpha value is -1.65. The smallest absolute Gasteiger partial charge is 0.255 e. The molecule has 0 spiro atoms. The van der Waals surface area contributed by atoms with Crippen molar-refractivity contribution in [1.29, 1.82) is 0 Å². The summed E-state index contributed by atoms with van der Waals surface area (Å²) in [4.78, 5) is 12.1. The van der Waals surface area contributed by atoms with E-state index in [2.05, 4.69) is 5.32 Å². The van der Waals surface area contributed by atoms with Crippen LogP contribution in [0.2, 0.25) is 5.02 Å². The molecule has 0 aromatic heterocycles. The second kappa shape index (κ2) is 6.68. The molecule has 104 valence electrons. The maximum absolute atomic E-state index is 12.1. The zero-order valence-corrected chi connectivity index (χ0v) is 12.5. The molecule has 0 heterocycles. The van der Waals surface area contributed by atoms with Gasteiger partial charge in [0.2, 0.25) is 0 Å². The van der Waals surface area contributed by atoms with Gasteiger partial charge in [-0.05, 0) is 42.2 Å². The molecule has 0 aliphatic rings. The second-order valence-corrected chi connectivity index (χ2v) is 5.55. The largest absolute Gasteiger partial charge is 0.506 e. The Balaban J connectivity index is 2.13. The Morgan fingerprint density at radius 3 is 2.60 bits per heavy atom. The van der Waals surface area contributed by atoms with Gasteiger partial charge in [-0.15, -0.1) is 0 Å². The number of benzene rings is 2. The highest BCUT2D eigenvalue weighted by molar-refractivity contribution is 7.97. The van der Waals surface area contributed by atoms with E-state index in [4.69, 9.17) is 11.6 Å². The Morgan fingerprint density at radius 2 is 1.95 bits per heavy atom. The third-order valence-corrected chi connectivity index (χ3v) is 3.59. The van der Waals surface area contributed by atoms with E-state index < -0.39 is 0 Å². The highest BCUT2D eigenvalue weighted by Gasteiger charge is 2.09. The first-order chi connectivity index (χ1) is 9.60. The fourth-order valence-corrected chi connectivity index (χ4v) is 2.42. The van der Waals surface area contributed by atoms with Crippen LogP contribution in [0.25, 0.3) is 0 Å². The van der Waals surface area contributed by atoms with Crippen molar-refractivity contribution < 1.29 is 9.90 Å². The number of phenolic OH excluding ortho intramolecular Hbond substituents is 1. The van der Waals surface area contributed by atoms with Gasteiger partial charge in [0.1, 0.15) is 5.75 Å². The lowest BCUT2D eigenvalue weighted by molar-refractivity contribution is 0.102. The van der Waals surface area contributed by atoms with E-state index >= 15 is 0 Å². The van der Waals surface area contributed by atoms with E-state index in [0.29, 0.717) is 16.3 Å². The van der Waals surface area contributed by atoms with Crippen LogP contribution in [0, 0.1) is 0 Å². The summed E-state index contributed by atoms with van der Waals surface area (Å²) in [6.07, 6.45) is 2.03. The average molecular weight is 308 g/mol. The number of carbonyl (C=O) groups excluding carboxylic acids is 1. The van der Waals surface area contributed by atoms with Crippen LogP contribution in [0.4, 0.5) is 5.69 Å². The zero-order valence-electron chi connectivity index (χ0n) is 10.9. The Labute approximate surface area is 127 Å². The molecular formula is C15H14ClNO2S. The van der Waals surface area contributed by atoms with Gasteiger partial charge < -0.3 is 10.4 Å². The molecule has 0 atom stereocenters. The van der Waals surface area contributed by atoms with Crippen molar-refractivity contribution in [2.45, 2.75) is 5.75 Å². The minimum Gasteiger partial charge on any atom is -0.506 e. The lowest BCUT2D eigenvalue weighted by Crippen LogP contribution is -2.11. The molecule has 0 saturated heterocycles. The molecule has 2 N–H and O–H groups in total. The Kier molecular flexibility index (Phi) is 4.93. The predicted molar refractivity (Wildman–Crippen MR) is 84.7 cm³/mol. The van der Waals surface area contributed by atoms with Gasteiger partial charge in [-0.2, -0.15) is 11.8 Å². The van der Waals surface area contributed by atoms with Crippen LogP contribution in [0.15, 0.2) is 42.5 Å². The van der Waals surface area contributed by atoms with Gasteiger partial charge in [-0.3, -0.25) is 4.79 Å². The molecule has 3 nitrogen and oxygen atoms in total. The van der Waals surface area contributed by atoms with E-state index in [9.17, 15) is 9.90 Å². The summed E-state index contributed by atoms with van der Waals surface area (Å²) < 4.78 is 0. The summed E-state index contributed by atoms with van der Waals surface area (Å²) in [5.74, 6) is 0.622. The number of rotatable bonds is 4. The summed E-state index contributed by atoms with van der Waals surface area (Å²) in [5, 5.41) is 12.8. The van der Waals surface area contributed by atoms with E-state index in [-0.39, 0.29) is 11.7 Å². The Morgan fingerprint density at radius 1 is 1.25 bits per heavy atom. The minimum atomic E-state index is -0.279. The van der Waals surface area contributed by atoms with Crippen molar-refractivity contribution >= 4 is 35.0 Å². The van der Waals surface area contributed by atoms with Crippen molar-refractivity contribution in [3.05, 3.63) is 58.6 Å². The van der Waals surface area contributed by atoms with Crippen LogP contribution in [-0.2, 0) is 5.75 Å². The summed E-state index contributed by atoms with van der Waals surface area (Å²) in [7, 11) is 0. The fourth-order valence-electron chi connectivity index (χ4n) is 1.72. The first-order valence-corrected chi connectivity index (χ1v) is 7.75. The second-order valence-electron chi connectivity index (χ2n) is 4.25. The van der Waals surface area contributed by atoms with E-state index in [1.54, 1.807) is 30.0 Å². The third kappa shape index (κ3) is 3.68. The molecule has 0 aliphatic carbocycles. The minimum absolute atomic E-state index is 0.0123. The van der Waals surface area contributed by atoms with Crippen LogP contribution in [0.3, 0.4) is 0 Å². The van der Waals surface area contributed by atoms with Crippen LogP contribution in [-0.4, -0.2) is 17.3 Å². The number of hydrogen-bond donors (Lipinski definition) is 2. The van der Waals surface area contributed by atoms with Gasteiger partial charge >= 0.3 is 0 Å². The molecule has 2 aromatic rings. The molecule has 0 bridgehead atoms. The number of phenols is 1. The normalized spacial score (nSPS) is 10.3. The SMILES string of the molecule is CSCc1ccc(C(=O)Nc2cc(Cl)ccc2O)cc1. The van der Waals surface area contributed by atoms with Crippen LogP contribution in [0.1, 0.15) is 15.9 Å². The number of amides is 1. The van der Waals surface area contributed by atoms with Crippen molar-refractivity contribution in [2.75, 3.05) is 11.6 Å². The highest BCUT2D eigenvalue weighted by atomic mass is 35.5. The number of halogens is 1. The number of aromatic hydroxyl groups is 1. The molecule has 0 aliphatic heterocycles. The molecular weight excluding hydrogens is 294 g/mol. The van der Waals surface area contributed by atoms with Gasteiger partial charge in [0.25, 0.3) is 5.91 Å². The summed E-state index contributed by atoms with van der Waals surface area (Å²) in [6.45, 7) is 0. The standard InChI is InChI=1S/C15H14ClNO2S/c1-20-9-10-2-4-11(5-3-10)15(19)17-13-8-12(16)6-7-14(13)18/h2-8,18H,9H2,1H3,(H,17,19). The molecule has 5 heteroatoms. The number of carbonyl (C=O) groups is 1. The average Bonchev–Trinajstić information content (AvgIpc) is 2.44. The molecule has 0 unspecified atom stereocenters. The number of anilines is 1. The van der Waals surface area contributed by atoms with E-state index in [1.165, 1.54) is 17.7 Å². The molecule has 20 heavy (non-hydrogen) atoms. The molecule has 0 radical (unpaired) electrons. The quantitative estimate of drug-likeness (QED) is 0.834. The molecule has 2 rings (SSSR count). The topological polar surface area (TPSA) is 49.3 Å². The first kappa shape index (κ1) is 14.8. The summed E-state index contributed by atoms with van der Waals surface area (Å²) in [6, 6.07) is 11.9. The monoisotopic (exact) mass is 307 g/mol. The zero-order chi connectivity index (χ0) is 14.5. The van der Waals surface area contributed by atoms with Gasteiger partial charge in [0, 0.05) is 16.3 Å². The Bertz CT molecular complexity index is 614. The molecule has 1 amide bonds. The first-order valence-electron chi connectivity index (χ1n) is 5.98. The predicted octanol–water partition coefficient (Wildman–Crippen LogP) is 4.16. The van der Waals surface area contributed by atoms with Gasteiger partial charge in [-0.25, -0.2) is 0 Å². The van der Waals surface area contributed by atoms with Gasteiger partial charge in [0.05, 0.1) is 5.69 Å². The van der Waals surface area contributed by atoms with Crippen LogP contribution < -0.4 is 5.32 Å². The third-order valence-electron chi connectivity index (χ3n) is 2.73. The lowest BCUT2D eigenvalue weighted by atomic mass is 10.1. The van der Waals surface area contributed by atoms with E-state index in [1.807, 2.05) is 18.4 Å². The highest BCUT2D eigenvalue weighted by Crippen LogP contribution is 2.27. The van der Waals surface area contributed by atoms with Crippen LogP contribution in [0.5, 0.6) is 5.75 Å². The van der Waals surface area contributed by atoms with E-state index in [0.717, 1.165) is 5.75 Å². The van der Waals surface area contributed by atoms with Crippen molar-refractivity contribution in [2.24, 2.45) is 0 Å². The van der Waals surface area contributed by atoms with Gasteiger partial charge in [0.15, 0.2) is 0 Å². The van der Waals surface area contributed by atoms with Crippen molar-refractivity contribution in [3.63, 3.8) is 0 Å². The lowest BCUT2D eigenvalue weighted by Gasteiger charge is -2.08. The fraction of sp³-hybridized carbons (Fsp3) is 0.133. The summed E-state index contributed by atoms with van der Waals surface area (Å²) in [5.41, 5.74) is 2.00. The van der Waals surface area contributed by atoms with Crippen molar-refractivity contribution in [1.82, 2.24) is 0 Å².